The van der Waals surface area contributed by atoms with Crippen molar-refractivity contribution in [3.05, 3.63) is 23.3 Å². The van der Waals surface area contributed by atoms with Gasteiger partial charge in [-0.25, -0.2) is 0 Å². The number of hydrogen-bond donors (Lipinski definition) is 1. The van der Waals surface area contributed by atoms with E-state index in [1.54, 1.807) is 0 Å². The van der Waals surface area contributed by atoms with Gasteiger partial charge in [0.2, 0.25) is 5.91 Å². The molecular formula is C18H22N2O3. The van der Waals surface area contributed by atoms with E-state index in [-0.39, 0.29) is 12.0 Å². The second-order valence-electron chi connectivity index (χ2n) is 7.04. The summed E-state index contributed by atoms with van der Waals surface area (Å²) in [7, 11) is 0. The zero-order valence-corrected chi connectivity index (χ0v) is 13.2. The maximum atomic E-state index is 12.9. The predicted octanol–water partition coefficient (Wildman–Crippen LogP) is 1.66. The fourth-order valence-corrected chi connectivity index (χ4v) is 4.71. The maximum absolute atomic E-state index is 12.9. The number of amides is 1. The molecule has 4 heterocycles. The fourth-order valence-electron chi connectivity index (χ4n) is 4.71. The van der Waals surface area contributed by atoms with Crippen molar-refractivity contribution in [1.29, 1.82) is 0 Å². The second kappa shape index (κ2) is 5.13. The summed E-state index contributed by atoms with van der Waals surface area (Å²) in [5.74, 6) is 2.22. The van der Waals surface area contributed by atoms with E-state index in [4.69, 9.17) is 9.47 Å². The topological polar surface area (TPSA) is 50.8 Å². The van der Waals surface area contributed by atoms with Gasteiger partial charge < -0.3 is 19.7 Å². The highest BCUT2D eigenvalue weighted by Crippen LogP contribution is 2.45. The van der Waals surface area contributed by atoms with Crippen molar-refractivity contribution in [2.75, 3.05) is 26.3 Å². The van der Waals surface area contributed by atoms with E-state index >= 15 is 0 Å². The van der Waals surface area contributed by atoms with E-state index in [2.05, 4.69) is 22.3 Å². The third kappa shape index (κ3) is 2.06. The number of piperidine rings is 2. The first kappa shape index (κ1) is 13.7. The number of rotatable bonds is 0. The third-order valence-corrected chi connectivity index (χ3v) is 5.82. The van der Waals surface area contributed by atoms with E-state index in [0.717, 1.165) is 50.3 Å². The fraction of sp³-hybridized carbons (Fsp3) is 0.611. The van der Waals surface area contributed by atoms with Crippen LogP contribution in [0, 0.1) is 5.92 Å². The van der Waals surface area contributed by atoms with Gasteiger partial charge in [0.05, 0.1) is 12.0 Å². The number of nitrogens with zero attached hydrogens (tertiary/aromatic N) is 1. The summed E-state index contributed by atoms with van der Waals surface area (Å²) >= 11 is 0. The predicted molar refractivity (Wildman–Crippen MR) is 84.7 cm³/mol. The first-order valence-electron chi connectivity index (χ1n) is 8.77. The molecule has 1 aromatic rings. The van der Waals surface area contributed by atoms with E-state index in [1.165, 1.54) is 11.1 Å². The summed E-state index contributed by atoms with van der Waals surface area (Å²) in [6, 6.07) is 4.77. The Kier molecular flexibility index (Phi) is 3.05. The smallest absolute Gasteiger partial charge is 0.227 e. The molecule has 1 aromatic carbocycles. The molecule has 3 atom stereocenters. The summed E-state index contributed by atoms with van der Waals surface area (Å²) in [4.78, 5) is 15.0. The summed E-state index contributed by atoms with van der Waals surface area (Å²) in [6.45, 7) is 3.09. The standard InChI is InChI=1S/C18H22N2O3/c21-18-12-2-1-4-19-14(12)10-15-13-9-17-16(22-6-7-23-17)8-11(13)3-5-20(15)18/h8-9,12,14-15,19H,1-7,10H2/t12-,14-,15-/m0/s1. The zero-order valence-electron chi connectivity index (χ0n) is 13.2. The van der Waals surface area contributed by atoms with Crippen LogP contribution in [-0.4, -0.2) is 43.2 Å². The van der Waals surface area contributed by atoms with Gasteiger partial charge in [-0.3, -0.25) is 4.79 Å². The van der Waals surface area contributed by atoms with Gasteiger partial charge in [-0.1, -0.05) is 0 Å². The van der Waals surface area contributed by atoms with Crippen LogP contribution in [0.4, 0.5) is 0 Å². The Morgan fingerprint density at radius 2 is 2.00 bits per heavy atom. The molecule has 1 N–H and O–H groups in total. The Hall–Kier alpha value is -1.75. The molecule has 0 radical (unpaired) electrons. The molecule has 2 saturated heterocycles. The average Bonchev–Trinajstić information content (AvgIpc) is 2.60. The highest BCUT2D eigenvalue weighted by molar-refractivity contribution is 5.82. The lowest BCUT2D eigenvalue weighted by Gasteiger charge is -2.48. The minimum absolute atomic E-state index is 0.179. The van der Waals surface area contributed by atoms with Crippen molar-refractivity contribution < 1.29 is 14.3 Å². The highest BCUT2D eigenvalue weighted by atomic mass is 16.6. The SMILES string of the molecule is O=C1[C@H]2CCCN[C@H]2C[C@H]2c3cc4c(cc3CCN12)OCCO4. The summed E-state index contributed by atoms with van der Waals surface area (Å²) in [5.41, 5.74) is 2.58. The van der Waals surface area contributed by atoms with Gasteiger partial charge in [-0.15, -0.1) is 0 Å². The van der Waals surface area contributed by atoms with Gasteiger partial charge in [0.25, 0.3) is 0 Å². The molecule has 5 heteroatoms. The van der Waals surface area contributed by atoms with Crippen LogP contribution in [0.3, 0.4) is 0 Å². The Bertz CT molecular complexity index is 660. The van der Waals surface area contributed by atoms with Crippen LogP contribution in [-0.2, 0) is 11.2 Å². The van der Waals surface area contributed by atoms with Gasteiger partial charge in [0, 0.05) is 12.6 Å². The van der Waals surface area contributed by atoms with E-state index in [0.29, 0.717) is 25.2 Å². The molecule has 0 saturated carbocycles. The van der Waals surface area contributed by atoms with Gasteiger partial charge >= 0.3 is 0 Å². The lowest BCUT2D eigenvalue weighted by molar-refractivity contribution is -0.145. The van der Waals surface area contributed by atoms with E-state index < -0.39 is 0 Å². The first-order valence-corrected chi connectivity index (χ1v) is 8.77. The lowest BCUT2D eigenvalue weighted by Crippen LogP contribution is -2.57. The van der Waals surface area contributed by atoms with E-state index in [1.807, 2.05) is 0 Å². The summed E-state index contributed by atoms with van der Waals surface area (Å²) in [5, 5.41) is 3.57. The van der Waals surface area contributed by atoms with Crippen molar-refractivity contribution in [3.8, 4) is 11.5 Å². The number of carbonyl (C=O) groups excluding carboxylic acids is 1. The molecule has 5 rings (SSSR count). The van der Waals surface area contributed by atoms with Crippen molar-refractivity contribution in [2.24, 2.45) is 5.92 Å². The Morgan fingerprint density at radius 1 is 1.17 bits per heavy atom. The molecule has 23 heavy (non-hydrogen) atoms. The number of benzene rings is 1. The molecule has 0 unspecified atom stereocenters. The molecule has 0 aliphatic carbocycles. The van der Waals surface area contributed by atoms with Crippen LogP contribution >= 0.6 is 0 Å². The van der Waals surface area contributed by atoms with Gasteiger partial charge in [0.15, 0.2) is 11.5 Å². The quantitative estimate of drug-likeness (QED) is 0.791. The zero-order chi connectivity index (χ0) is 15.4. The molecule has 4 aliphatic heterocycles. The summed E-state index contributed by atoms with van der Waals surface area (Å²) < 4.78 is 11.5. The summed E-state index contributed by atoms with van der Waals surface area (Å²) in [6.07, 6.45) is 4.08. The molecule has 0 spiro atoms. The Balaban J connectivity index is 1.54. The molecule has 5 nitrogen and oxygen atoms in total. The normalized spacial score (nSPS) is 31.9. The monoisotopic (exact) mass is 314 g/mol. The first-order chi connectivity index (χ1) is 11.3. The van der Waals surface area contributed by atoms with Crippen molar-refractivity contribution in [2.45, 2.75) is 37.8 Å². The van der Waals surface area contributed by atoms with Crippen molar-refractivity contribution in [1.82, 2.24) is 10.2 Å². The van der Waals surface area contributed by atoms with Crippen LogP contribution < -0.4 is 14.8 Å². The van der Waals surface area contributed by atoms with Crippen LogP contribution in [0.1, 0.15) is 36.4 Å². The van der Waals surface area contributed by atoms with Crippen LogP contribution in [0.15, 0.2) is 12.1 Å². The minimum Gasteiger partial charge on any atom is -0.486 e. The van der Waals surface area contributed by atoms with Gasteiger partial charge in [-0.2, -0.15) is 0 Å². The molecular weight excluding hydrogens is 292 g/mol. The molecule has 122 valence electrons. The van der Waals surface area contributed by atoms with Crippen molar-refractivity contribution in [3.63, 3.8) is 0 Å². The van der Waals surface area contributed by atoms with Crippen LogP contribution in [0.5, 0.6) is 11.5 Å². The average molecular weight is 314 g/mol. The second-order valence-corrected chi connectivity index (χ2v) is 7.04. The van der Waals surface area contributed by atoms with E-state index in [9.17, 15) is 4.79 Å². The highest BCUT2D eigenvalue weighted by Gasteiger charge is 2.45. The third-order valence-electron chi connectivity index (χ3n) is 5.82. The molecule has 1 amide bonds. The Morgan fingerprint density at radius 3 is 2.87 bits per heavy atom. The van der Waals surface area contributed by atoms with Gasteiger partial charge in [0.1, 0.15) is 13.2 Å². The van der Waals surface area contributed by atoms with Gasteiger partial charge in [-0.05, 0) is 55.5 Å². The molecule has 0 bridgehead atoms. The number of hydrogen-bond acceptors (Lipinski definition) is 4. The van der Waals surface area contributed by atoms with Crippen LogP contribution in [0.25, 0.3) is 0 Å². The molecule has 4 aliphatic rings. The number of nitrogens with one attached hydrogen (secondary N) is 1. The van der Waals surface area contributed by atoms with Crippen molar-refractivity contribution >= 4 is 5.91 Å². The minimum atomic E-state index is 0.179. The maximum Gasteiger partial charge on any atom is 0.227 e. The molecule has 0 aromatic heterocycles. The largest absolute Gasteiger partial charge is 0.486 e. The Labute approximate surface area is 135 Å². The van der Waals surface area contributed by atoms with Crippen LogP contribution in [0.2, 0.25) is 0 Å². The lowest BCUT2D eigenvalue weighted by atomic mass is 9.77. The number of fused-ring (bicyclic) bond motifs is 5. The number of carbonyl (C=O) groups is 1. The number of ether oxygens (including phenoxy) is 2. The molecule has 2 fully saturated rings.